The first-order valence-corrected chi connectivity index (χ1v) is 6.39. The quantitative estimate of drug-likeness (QED) is 0.812. The van der Waals surface area contributed by atoms with Gasteiger partial charge in [0.1, 0.15) is 5.75 Å². The van der Waals surface area contributed by atoms with Crippen LogP contribution in [-0.2, 0) is 0 Å². The summed E-state index contributed by atoms with van der Waals surface area (Å²) in [5.74, 6) is 0.627. The molecule has 0 radical (unpaired) electrons. The molecule has 1 aromatic carbocycles. The highest BCUT2D eigenvalue weighted by molar-refractivity contribution is 7.80. The van der Waals surface area contributed by atoms with Gasteiger partial charge in [-0.15, -0.1) is 0 Å². The van der Waals surface area contributed by atoms with Gasteiger partial charge in [-0.25, -0.2) is 0 Å². The SMILES string of the molecule is Cc1cc(OC(F)F)ccc1NC(=S)NCC(C)C. The number of ether oxygens (including phenoxy) is 1. The summed E-state index contributed by atoms with van der Waals surface area (Å²) >= 11 is 5.14. The van der Waals surface area contributed by atoms with Crippen LogP contribution >= 0.6 is 12.2 Å². The van der Waals surface area contributed by atoms with Crippen molar-refractivity contribution in [1.82, 2.24) is 5.32 Å². The highest BCUT2D eigenvalue weighted by atomic mass is 32.1. The number of nitrogens with one attached hydrogen (secondary N) is 2. The van der Waals surface area contributed by atoms with Crippen LogP contribution < -0.4 is 15.4 Å². The topological polar surface area (TPSA) is 33.3 Å². The van der Waals surface area contributed by atoms with Gasteiger partial charge >= 0.3 is 6.61 Å². The maximum absolute atomic E-state index is 12.1. The number of thiocarbonyl (C=S) groups is 1. The molecule has 3 nitrogen and oxygen atoms in total. The predicted molar refractivity (Wildman–Crippen MR) is 76.9 cm³/mol. The van der Waals surface area contributed by atoms with E-state index in [1.54, 1.807) is 19.1 Å². The molecule has 1 rings (SSSR count). The normalized spacial score (nSPS) is 10.7. The third kappa shape index (κ3) is 5.83. The minimum atomic E-state index is -2.81. The molecular weight excluding hydrogens is 270 g/mol. The Morgan fingerprint density at radius 2 is 2.05 bits per heavy atom. The molecule has 0 bridgehead atoms. The summed E-state index contributed by atoms with van der Waals surface area (Å²) in [6, 6.07) is 4.68. The Balaban J connectivity index is 2.61. The van der Waals surface area contributed by atoms with Crippen LogP contribution in [-0.4, -0.2) is 18.3 Å². The summed E-state index contributed by atoms with van der Waals surface area (Å²) in [6.45, 7) is 3.92. The lowest BCUT2D eigenvalue weighted by atomic mass is 10.2. The van der Waals surface area contributed by atoms with Crippen LogP contribution in [0.1, 0.15) is 19.4 Å². The molecule has 0 unspecified atom stereocenters. The molecule has 6 heteroatoms. The Labute approximate surface area is 117 Å². The van der Waals surface area contributed by atoms with E-state index in [9.17, 15) is 8.78 Å². The smallest absolute Gasteiger partial charge is 0.387 e. The van der Waals surface area contributed by atoms with Crippen LogP contribution in [0.5, 0.6) is 5.75 Å². The average molecular weight is 288 g/mol. The molecule has 19 heavy (non-hydrogen) atoms. The van der Waals surface area contributed by atoms with E-state index in [1.807, 2.05) is 0 Å². The van der Waals surface area contributed by atoms with E-state index in [2.05, 4.69) is 29.2 Å². The monoisotopic (exact) mass is 288 g/mol. The van der Waals surface area contributed by atoms with Crippen LogP contribution in [0.3, 0.4) is 0 Å². The van der Waals surface area contributed by atoms with Crippen LogP contribution in [0, 0.1) is 12.8 Å². The Morgan fingerprint density at radius 1 is 1.37 bits per heavy atom. The van der Waals surface area contributed by atoms with Gasteiger partial charge in [0.2, 0.25) is 0 Å². The maximum atomic E-state index is 12.1. The second-order valence-corrected chi connectivity index (χ2v) is 4.99. The van der Waals surface area contributed by atoms with Crippen molar-refractivity contribution in [2.75, 3.05) is 11.9 Å². The third-order valence-corrected chi connectivity index (χ3v) is 2.59. The van der Waals surface area contributed by atoms with Crippen LogP contribution in [0.25, 0.3) is 0 Å². The first-order valence-electron chi connectivity index (χ1n) is 5.98. The van der Waals surface area contributed by atoms with Gasteiger partial charge in [0, 0.05) is 12.2 Å². The Morgan fingerprint density at radius 3 is 2.58 bits per heavy atom. The maximum Gasteiger partial charge on any atom is 0.387 e. The molecule has 1 aromatic rings. The van der Waals surface area contributed by atoms with E-state index < -0.39 is 6.61 Å². The summed E-state index contributed by atoms with van der Waals surface area (Å²) in [5, 5.41) is 6.61. The molecule has 0 aliphatic carbocycles. The Bertz CT molecular complexity index is 439. The zero-order chi connectivity index (χ0) is 14.4. The average Bonchev–Trinajstić information content (AvgIpc) is 2.29. The summed E-state index contributed by atoms with van der Waals surface area (Å²) in [4.78, 5) is 0. The highest BCUT2D eigenvalue weighted by Gasteiger charge is 2.07. The van der Waals surface area contributed by atoms with Gasteiger partial charge in [-0.2, -0.15) is 8.78 Å². The molecule has 0 aliphatic heterocycles. The van der Waals surface area contributed by atoms with Crippen molar-refractivity contribution in [3.63, 3.8) is 0 Å². The van der Waals surface area contributed by atoms with E-state index >= 15 is 0 Å². The summed E-state index contributed by atoms with van der Waals surface area (Å²) in [6.07, 6.45) is 0. The lowest BCUT2D eigenvalue weighted by molar-refractivity contribution is -0.0498. The number of alkyl halides is 2. The van der Waals surface area contributed by atoms with Crippen molar-refractivity contribution in [2.45, 2.75) is 27.4 Å². The minimum Gasteiger partial charge on any atom is -0.435 e. The van der Waals surface area contributed by atoms with Gasteiger partial charge in [0.15, 0.2) is 5.11 Å². The van der Waals surface area contributed by atoms with E-state index in [0.717, 1.165) is 17.8 Å². The molecule has 0 spiro atoms. The first-order chi connectivity index (χ1) is 8.88. The second kappa shape index (κ2) is 7.23. The van der Waals surface area contributed by atoms with Crippen molar-refractivity contribution >= 4 is 23.0 Å². The van der Waals surface area contributed by atoms with Crippen molar-refractivity contribution in [2.24, 2.45) is 5.92 Å². The zero-order valence-corrected chi connectivity index (χ0v) is 12.0. The van der Waals surface area contributed by atoms with Gasteiger partial charge in [0.25, 0.3) is 0 Å². The fraction of sp³-hybridized carbons (Fsp3) is 0.462. The summed E-state index contributed by atoms with van der Waals surface area (Å²) < 4.78 is 28.5. The van der Waals surface area contributed by atoms with Gasteiger partial charge < -0.3 is 15.4 Å². The van der Waals surface area contributed by atoms with Crippen LogP contribution in [0.15, 0.2) is 18.2 Å². The minimum absolute atomic E-state index is 0.138. The predicted octanol–water partition coefficient (Wildman–Crippen LogP) is 3.54. The summed E-state index contributed by atoms with van der Waals surface area (Å²) in [7, 11) is 0. The molecule has 106 valence electrons. The highest BCUT2D eigenvalue weighted by Crippen LogP contribution is 2.22. The van der Waals surface area contributed by atoms with Gasteiger partial charge in [-0.05, 0) is 48.8 Å². The standard InChI is InChI=1S/C13H18F2N2OS/c1-8(2)7-16-13(19)17-11-5-4-10(6-9(11)3)18-12(14)15/h4-6,8,12H,7H2,1-3H3,(H2,16,17,19). The fourth-order valence-electron chi connectivity index (χ4n) is 1.42. The molecule has 0 saturated heterocycles. The molecule has 0 fully saturated rings. The number of hydrogen-bond donors (Lipinski definition) is 2. The third-order valence-electron chi connectivity index (χ3n) is 2.34. The zero-order valence-electron chi connectivity index (χ0n) is 11.2. The van der Waals surface area contributed by atoms with Crippen molar-refractivity contribution < 1.29 is 13.5 Å². The number of halogens is 2. The van der Waals surface area contributed by atoms with E-state index in [4.69, 9.17) is 12.2 Å². The number of benzene rings is 1. The van der Waals surface area contributed by atoms with Gasteiger partial charge in [-0.3, -0.25) is 0 Å². The Kier molecular flexibility index (Phi) is 5.95. The van der Waals surface area contributed by atoms with Crippen LogP contribution in [0.4, 0.5) is 14.5 Å². The molecule has 0 saturated carbocycles. The lowest BCUT2D eigenvalue weighted by Gasteiger charge is -2.14. The second-order valence-electron chi connectivity index (χ2n) is 4.58. The van der Waals surface area contributed by atoms with Crippen molar-refractivity contribution in [1.29, 1.82) is 0 Å². The number of hydrogen-bond acceptors (Lipinski definition) is 2. The van der Waals surface area contributed by atoms with E-state index in [0.29, 0.717) is 11.0 Å². The molecular formula is C13H18F2N2OS. The Hall–Kier alpha value is -1.43. The number of aryl methyl sites for hydroxylation is 1. The number of rotatable bonds is 5. The molecule has 2 N–H and O–H groups in total. The first kappa shape index (κ1) is 15.6. The molecule has 0 heterocycles. The van der Waals surface area contributed by atoms with E-state index in [-0.39, 0.29) is 5.75 Å². The van der Waals surface area contributed by atoms with Crippen molar-refractivity contribution in [3.8, 4) is 5.75 Å². The van der Waals surface area contributed by atoms with Crippen LogP contribution in [0.2, 0.25) is 0 Å². The van der Waals surface area contributed by atoms with Crippen molar-refractivity contribution in [3.05, 3.63) is 23.8 Å². The summed E-state index contributed by atoms with van der Waals surface area (Å²) in [5.41, 5.74) is 1.55. The molecule has 0 amide bonds. The molecule has 0 aliphatic rings. The van der Waals surface area contributed by atoms with E-state index in [1.165, 1.54) is 6.07 Å². The lowest BCUT2D eigenvalue weighted by Crippen LogP contribution is -2.31. The molecule has 0 atom stereocenters. The van der Waals surface area contributed by atoms with Gasteiger partial charge in [-0.1, -0.05) is 13.8 Å². The number of anilines is 1. The molecule has 0 aromatic heterocycles. The fourth-order valence-corrected chi connectivity index (χ4v) is 1.61. The largest absolute Gasteiger partial charge is 0.435 e. The van der Waals surface area contributed by atoms with Gasteiger partial charge in [0.05, 0.1) is 0 Å².